The highest BCUT2D eigenvalue weighted by Gasteiger charge is 2.28. The molecule has 1 aromatic heterocycles. The molecule has 1 unspecified atom stereocenters. The maximum Gasteiger partial charge on any atom is 0.242 e. The van der Waals surface area contributed by atoms with E-state index in [4.69, 9.17) is 9.47 Å². The minimum atomic E-state index is -3.92. The van der Waals surface area contributed by atoms with Gasteiger partial charge in [0.25, 0.3) is 0 Å². The molecular weight excluding hydrogens is 446 g/mol. The Kier molecular flexibility index (Phi) is 6.07. The van der Waals surface area contributed by atoms with Crippen LogP contribution in [0.1, 0.15) is 17.4 Å². The fourth-order valence-electron chi connectivity index (χ4n) is 2.83. The number of halogens is 1. The topological polar surface area (TPSA) is 82.5 Å². The van der Waals surface area contributed by atoms with Crippen molar-refractivity contribution in [3.05, 3.63) is 70.7 Å². The van der Waals surface area contributed by atoms with Gasteiger partial charge in [0.2, 0.25) is 10.0 Å². The number of aryl methyl sites for hydroxylation is 1. The monoisotopic (exact) mass is 465 g/mol. The molecule has 0 radical (unpaired) electrons. The number of methoxy groups -OCH3 is 2. The third-order valence-electron chi connectivity index (χ3n) is 4.25. The number of benzene rings is 2. The van der Waals surface area contributed by atoms with Crippen LogP contribution >= 0.6 is 15.9 Å². The lowest BCUT2D eigenvalue weighted by molar-refractivity contribution is 0.353. The van der Waals surface area contributed by atoms with E-state index in [-0.39, 0.29) is 4.90 Å². The second-order valence-corrected chi connectivity index (χ2v) is 8.54. The van der Waals surface area contributed by atoms with E-state index in [0.717, 1.165) is 5.56 Å². The van der Waals surface area contributed by atoms with Crippen molar-refractivity contribution < 1.29 is 17.9 Å². The van der Waals surface area contributed by atoms with Gasteiger partial charge in [-0.1, -0.05) is 30.3 Å². The molecule has 9 heteroatoms. The molecule has 0 aliphatic carbocycles. The highest BCUT2D eigenvalue weighted by atomic mass is 79.9. The van der Waals surface area contributed by atoms with Crippen molar-refractivity contribution in [2.75, 3.05) is 14.2 Å². The lowest BCUT2D eigenvalue weighted by Crippen LogP contribution is -2.31. The van der Waals surface area contributed by atoms with Crippen molar-refractivity contribution in [3.63, 3.8) is 0 Å². The summed E-state index contributed by atoms with van der Waals surface area (Å²) in [4.78, 5) is 4.38. The molecule has 0 spiro atoms. The average molecular weight is 466 g/mol. The largest absolute Gasteiger partial charge is 0.493 e. The molecule has 0 fully saturated rings. The zero-order valence-corrected chi connectivity index (χ0v) is 18.0. The molecule has 0 saturated carbocycles. The first-order chi connectivity index (χ1) is 13.4. The van der Waals surface area contributed by atoms with E-state index in [9.17, 15) is 8.42 Å². The van der Waals surface area contributed by atoms with E-state index in [2.05, 4.69) is 25.6 Å². The van der Waals surface area contributed by atoms with Crippen molar-refractivity contribution in [2.24, 2.45) is 7.05 Å². The van der Waals surface area contributed by atoms with Crippen LogP contribution in [0, 0.1) is 0 Å². The Labute approximate surface area is 172 Å². The van der Waals surface area contributed by atoms with Crippen LogP contribution in [-0.2, 0) is 17.1 Å². The van der Waals surface area contributed by atoms with E-state index in [1.165, 1.54) is 20.3 Å². The summed E-state index contributed by atoms with van der Waals surface area (Å²) < 4.78 is 41.9. The molecule has 28 heavy (non-hydrogen) atoms. The van der Waals surface area contributed by atoms with Crippen LogP contribution in [0.25, 0.3) is 0 Å². The summed E-state index contributed by atoms with van der Waals surface area (Å²) in [5, 5.41) is 0. The Bertz CT molecular complexity index is 1070. The first-order valence-electron chi connectivity index (χ1n) is 8.33. The van der Waals surface area contributed by atoms with E-state index in [1.807, 2.05) is 37.4 Å². The normalized spacial score (nSPS) is 12.6. The lowest BCUT2D eigenvalue weighted by atomic mass is 10.1. The summed E-state index contributed by atoms with van der Waals surface area (Å²) in [6.07, 6.45) is 3.40. The molecule has 0 amide bonds. The highest BCUT2D eigenvalue weighted by molar-refractivity contribution is 9.10. The van der Waals surface area contributed by atoms with Crippen molar-refractivity contribution in [2.45, 2.75) is 10.9 Å². The Hall–Kier alpha value is -2.36. The smallest absolute Gasteiger partial charge is 0.242 e. The van der Waals surface area contributed by atoms with Gasteiger partial charge in [0, 0.05) is 30.0 Å². The van der Waals surface area contributed by atoms with Crippen LogP contribution < -0.4 is 14.2 Å². The van der Waals surface area contributed by atoms with Gasteiger partial charge in [-0.3, -0.25) is 0 Å². The number of aromatic nitrogens is 2. The van der Waals surface area contributed by atoms with Gasteiger partial charge in [-0.05, 0) is 27.6 Å². The van der Waals surface area contributed by atoms with Crippen LogP contribution in [0.4, 0.5) is 0 Å². The number of rotatable bonds is 7. The maximum atomic E-state index is 13.2. The molecule has 3 rings (SSSR count). The molecule has 1 N–H and O–H groups in total. The van der Waals surface area contributed by atoms with E-state index in [1.54, 1.807) is 23.0 Å². The molecule has 0 saturated heterocycles. The number of ether oxygens (including phenoxy) is 2. The van der Waals surface area contributed by atoms with Gasteiger partial charge in [0.05, 0.1) is 14.2 Å². The molecule has 148 valence electrons. The van der Waals surface area contributed by atoms with Crippen LogP contribution in [0.5, 0.6) is 11.5 Å². The number of sulfonamides is 1. The molecule has 3 aromatic rings. The van der Waals surface area contributed by atoms with Crippen LogP contribution in [0.3, 0.4) is 0 Å². The van der Waals surface area contributed by atoms with Crippen molar-refractivity contribution in [1.29, 1.82) is 0 Å². The maximum absolute atomic E-state index is 13.2. The van der Waals surface area contributed by atoms with Crippen molar-refractivity contribution in [3.8, 4) is 11.5 Å². The molecule has 1 heterocycles. The van der Waals surface area contributed by atoms with Crippen LogP contribution in [0.15, 0.2) is 64.2 Å². The van der Waals surface area contributed by atoms with Gasteiger partial charge in [0.15, 0.2) is 11.5 Å². The molecule has 0 aliphatic rings. The summed E-state index contributed by atoms with van der Waals surface area (Å²) >= 11 is 3.32. The number of hydrogen-bond donors (Lipinski definition) is 1. The molecular formula is C19H20BrN3O4S. The number of nitrogens with one attached hydrogen (secondary N) is 1. The molecule has 0 bridgehead atoms. The predicted molar refractivity (Wildman–Crippen MR) is 109 cm³/mol. The van der Waals surface area contributed by atoms with Gasteiger partial charge < -0.3 is 14.0 Å². The number of hydrogen-bond acceptors (Lipinski definition) is 5. The summed E-state index contributed by atoms with van der Waals surface area (Å²) in [6, 6.07) is 11.6. The fraction of sp³-hybridized carbons (Fsp3) is 0.211. The van der Waals surface area contributed by atoms with Gasteiger partial charge >= 0.3 is 0 Å². The average Bonchev–Trinajstić information content (AvgIpc) is 3.12. The number of imidazole rings is 1. The molecule has 1 atom stereocenters. The van der Waals surface area contributed by atoms with E-state index in [0.29, 0.717) is 21.8 Å². The molecule has 0 aliphatic heterocycles. The Morgan fingerprint density at radius 3 is 2.32 bits per heavy atom. The lowest BCUT2D eigenvalue weighted by Gasteiger charge is -2.20. The van der Waals surface area contributed by atoms with E-state index < -0.39 is 16.1 Å². The molecule has 7 nitrogen and oxygen atoms in total. The van der Waals surface area contributed by atoms with Gasteiger partial charge in [-0.2, -0.15) is 4.72 Å². The second-order valence-electron chi connectivity index (χ2n) is 6.00. The summed E-state index contributed by atoms with van der Waals surface area (Å²) in [5.41, 5.74) is 0.775. The Balaban J connectivity index is 2.07. The number of nitrogens with zero attached hydrogens (tertiary/aromatic N) is 2. The highest BCUT2D eigenvalue weighted by Crippen LogP contribution is 2.36. The Morgan fingerprint density at radius 2 is 1.75 bits per heavy atom. The predicted octanol–water partition coefficient (Wildman–Crippen LogP) is 3.27. The first kappa shape index (κ1) is 20.4. The summed E-state index contributed by atoms with van der Waals surface area (Å²) in [7, 11) is 0.838. The fourth-order valence-corrected chi connectivity index (χ4v) is 5.05. The van der Waals surface area contributed by atoms with Gasteiger partial charge in [-0.15, -0.1) is 0 Å². The third-order valence-corrected chi connectivity index (χ3v) is 6.63. The first-order valence-corrected chi connectivity index (χ1v) is 10.6. The minimum absolute atomic E-state index is 0.0419. The summed E-state index contributed by atoms with van der Waals surface area (Å²) in [6.45, 7) is 0. The quantitative estimate of drug-likeness (QED) is 0.578. The van der Waals surface area contributed by atoms with Gasteiger partial charge in [-0.25, -0.2) is 13.4 Å². The van der Waals surface area contributed by atoms with Crippen molar-refractivity contribution >= 4 is 26.0 Å². The van der Waals surface area contributed by atoms with E-state index >= 15 is 0 Å². The SMILES string of the molecule is COc1cc(Br)c(S(=O)(=O)NC(c2ccccc2)c2nccn2C)cc1OC. The molecule has 2 aromatic carbocycles. The third kappa shape index (κ3) is 4.06. The standard InChI is InChI=1S/C19H20BrN3O4S/c1-23-10-9-21-19(23)18(13-7-5-4-6-8-13)22-28(24,25)17-12-16(27-3)15(26-2)11-14(17)20/h4-12,18,22H,1-3H3. The zero-order valence-electron chi connectivity index (χ0n) is 15.6. The summed E-state index contributed by atoms with van der Waals surface area (Å²) in [5.74, 6) is 1.32. The van der Waals surface area contributed by atoms with Crippen LogP contribution in [-0.4, -0.2) is 32.2 Å². The zero-order chi connectivity index (χ0) is 20.3. The van der Waals surface area contributed by atoms with Crippen molar-refractivity contribution in [1.82, 2.24) is 14.3 Å². The Morgan fingerprint density at radius 1 is 1.11 bits per heavy atom. The minimum Gasteiger partial charge on any atom is -0.493 e. The van der Waals surface area contributed by atoms with Crippen LogP contribution in [0.2, 0.25) is 0 Å². The second kappa shape index (κ2) is 8.34. The van der Waals surface area contributed by atoms with Gasteiger partial charge in [0.1, 0.15) is 16.8 Å².